The van der Waals surface area contributed by atoms with Gasteiger partial charge in [0.25, 0.3) is 5.91 Å². The number of hydrogen-bond donors (Lipinski definition) is 1. The number of benzene rings is 2. The second-order valence-electron chi connectivity index (χ2n) is 5.47. The van der Waals surface area contributed by atoms with Crippen LogP contribution in [0.5, 0.6) is 5.75 Å². The zero-order chi connectivity index (χ0) is 20.1. The first-order chi connectivity index (χ1) is 13.5. The summed E-state index contributed by atoms with van der Waals surface area (Å²) < 4.78 is 10.5. The van der Waals surface area contributed by atoms with E-state index in [1.807, 2.05) is 0 Å². The number of amides is 1. The largest absolute Gasteiger partial charge is 0.477 e. The number of hydrazone groups is 1. The highest BCUT2D eigenvalue weighted by Gasteiger charge is 2.14. The van der Waals surface area contributed by atoms with E-state index in [0.717, 1.165) is 6.21 Å². The SMILES string of the molecule is O=C(COc1ccccc1[N+](=O)[O-])NN=Cc1coc2ccc(Cl)cc2c1=O. The summed E-state index contributed by atoms with van der Waals surface area (Å²) in [4.78, 5) is 34.4. The molecule has 2 aromatic carbocycles. The van der Waals surface area contributed by atoms with Crippen LogP contribution in [0.25, 0.3) is 11.0 Å². The van der Waals surface area contributed by atoms with Crippen LogP contribution in [0, 0.1) is 10.1 Å². The number of carbonyl (C=O) groups is 1. The summed E-state index contributed by atoms with van der Waals surface area (Å²) in [5.74, 6) is -0.707. The van der Waals surface area contributed by atoms with Crippen LogP contribution in [0.3, 0.4) is 0 Å². The Balaban J connectivity index is 1.64. The number of nitrogens with one attached hydrogen (secondary N) is 1. The molecule has 0 fully saturated rings. The third kappa shape index (κ3) is 4.33. The minimum absolute atomic E-state index is 0.0429. The first-order valence-electron chi connectivity index (χ1n) is 7.85. The molecule has 1 amide bonds. The van der Waals surface area contributed by atoms with Gasteiger partial charge in [-0.1, -0.05) is 23.7 Å². The van der Waals surface area contributed by atoms with Gasteiger partial charge in [-0.3, -0.25) is 19.7 Å². The lowest BCUT2D eigenvalue weighted by Crippen LogP contribution is -2.25. The summed E-state index contributed by atoms with van der Waals surface area (Å²) in [5.41, 5.74) is 2.02. The molecule has 3 rings (SSSR count). The van der Waals surface area contributed by atoms with Crippen molar-refractivity contribution < 1.29 is 18.9 Å². The summed E-state index contributed by atoms with van der Waals surface area (Å²) in [6.45, 7) is -0.496. The van der Waals surface area contributed by atoms with Crippen LogP contribution in [0.15, 0.2) is 63.0 Å². The summed E-state index contributed by atoms with van der Waals surface area (Å²) in [5, 5.41) is 15.2. The number of ether oxygens (including phenoxy) is 1. The molecule has 1 heterocycles. The fraction of sp³-hybridized carbons (Fsp3) is 0.0556. The van der Waals surface area contributed by atoms with Gasteiger partial charge >= 0.3 is 5.69 Å². The summed E-state index contributed by atoms with van der Waals surface area (Å²) >= 11 is 5.88. The van der Waals surface area contributed by atoms with E-state index >= 15 is 0 Å². The molecule has 1 aromatic heterocycles. The van der Waals surface area contributed by atoms with Crippen LogP contribution in [-0.2, 0) is 4.79 Å². The van der Waals surface area contributed by atoms with E-state index in [4.69, 9.17) is 20.8 Å². The van der Waals surface area contributed by atoms with Gasteiger partial charge in [-0.25, -0.2) is 5.43 Å². The normalized spacial score (nSPS) is 10.9. The third-order valence-electron chi connectivity index (χ3n) is 3.57. The van der Waals surface area contributed by atoms with Crippen molar-refractivity contribution in [2.24, 2.45) is 5.10 Å². The van der Waals surface area contributed by atoms with Crippen molar-refractivity contribution in [2.75, 3.05) is 6.61 Å². The van der Waals surface area contributed by atoms with Crippen molar-refractivity contribution in [3.8, 4) is 5.75 Å². The highest BCUT2D eigenvalue weighted by atomic mass is 35.5. The summed E-state index contributed by atoms with van der Waals surface area (Å²) in [7, 11) is 0. The molecule has 0 aliphatic rings. The molecule has 0 atom stereocenters. The number of para-hydroxylation sites is 2. The molecule has 0 spiro atoms. The quantitative estimate of drug-likeness (QED) is 0.384. The maximum absolute atomic E-state index is 12.4. The molecule has 0 aliphatic carbocycles. The second-order valence-corrected chi connectivity index (χ2v) is 5.90. The topological polar surface area (TPSA) is 124 Å². The Hall–Kier alpha value is -3.72. The van der Waals surface area contributed by atoms with Crippen LogP contribution in [-0.4, -0.2) is 23.7 Å². The zero-order valence-corrected chi connectivity index (χ0v) is 14.9. The summed E-state index contributed by atoms with van der Waals surface area (Å²) in [6.07, 6.45) is 2.33. The zero-order valence-electron chi connectivity index (χ0n) is 14.1. The van der Waals surface area contributed by atoms with Gasteiger partial charge < -0.3 is 9.15 Å². The Bertz CT molecular complexity index is 1140. The second kappa shape index (κ2) is 8.31. The first-order valence-corrected chi connectivity index (χ1v) is 8.22. The van der Waals surface area contributed by atoms with E-state index in [2.05, 4.69) is 10.5 Å². The molecular formula is C18H12ClN3O6. The lowest BCUT2D eigenvalue weighted by atomic mass is 10.2. The Labute approximate surface area is 162 Å². The standard InChI is InChI=1S/C18H12ClN3O6/c19-12-5-6-15-13(7-12)18(24)11(9-27-15)8-20-21-17(23)10-28-16-4-2-1-3-14(16)22(25)26/h1-9H,10H2,(H,21,23). The van der Waals surface area contributed by atoms with Crippen LogP contribution >= 0.6 is 11.6 Å². The number of hydrogen-bond acceptors (Lipinski definition) is 7. The van der Waals surface area contributed by atoms with Crippen molar-refractivity contribution in [3.63, 3.8) is 0 Å². The van der Waals surface area contributed by atoms with Crippen LogP contribution in [0.1, 0.15) is 5.56 Å². The molecule has 28 heavy (non-hydrogen) atoms. The van der Waals surface area contributed by atoms with E-state index in [-0.39, 0.29) is 27.8 Å². The Morgan fingerprint density at radius 2 is 2.11 bits per heavy atom. The van der Waals surface area contributed by atoms with Crippen LogP contribution < -0.4 is 15.6 Å². The minimum Gasteiger partial charge on any atom is -0.477 e. The smallest absolute Gasteiger partial charge is 0.310 e. The monoisotopic (exact) mass is 401 g/mol. The fourth-order valence-electron chi connectivity index (χ4n) is 2.29. The van der Waals surface area contributed by atoms with Gasteiger partial charge in [0.2, 0.25) is 5.43 Å². The van der Waals surface area contributed by atoms with Crippen molar-refractivity contribution in [3.05, 3.63) is 79.7 Å². The maximum atomic E-state index is 12.4. The van der Waals surface area contributed by atoms with Crippen LogP contribution in [0.2, 0.25) is 5.02 Å². The van der Waals surface area contributed by atoms with E-state index in [1.54, 1.807) is 18.2 Å². The Morgan fingerprint density at radius 1 is 1.32 bits per heavy atom. The molecule has 10 heteroatoms. The third-order valence-corrected chi connectivity index (χ3v) is 3.81. The molecule has 0 saturated carbocycles. The Kier molecular flexibility index (Phi) is 5.66. The lowest BCUT2D eigenvalue weighted by molar-refractivity contribution is -0.385. The highest BCUT2D eigenvalue weighted by molar-refractivity contribution is 6.31. The van der Waals surface area contributed by atoms with E-state index < -0.39 is 17.4 Å². The maximum Gasteiger partial charge on any atom is 0.310 e. The number of fused-ring (bicyclic) bond motifs is 1. The van der Waals surface area contributed by atoms with Gasteiger partial charge in [0.15, 0.2) is 12.4 Å². The van der Waals surface area contributed by atoms with E-state index in [0.29, 0.717) is 10.6 Å². The van der Waals surface area contributed by atoms with Crippen molar-refractivity contribution in [2.45, 2.75) is 0 Å². The van der Waals surface area contributed by atoms with Crippen LogP contribution in [0.4, 0.5) is 5.69 Å². The first kappa shape index (κ1) is 19.1. The number of nitro benzene ring substituents is 1. The van der Waals surface area contributed by atoms with Crippen molar-refractivity contribution in [1.29, 1.82) is 0 Å². The van der Waals surface area contributed by atoms with Gasteiger partial charge in [0, 0.05) is 11.1 Å². The fourth-order valence-corrected chi connectivity index (χ4v) is 2.46. The molecule has 3 aromatic rings. The van der Waals surface area contributed by atoms with Crippen molar-refractivity contribution >= 4 is 40.4 Å². The molecule has 1 N–H and O–H groups in total. The molecule has 9 nitrogen and oxygen atoms in total. The number of carbonyl (C=O) groups excluding carboxylic acids is 1. The molecule has 0 bridgehead atoms. The van der Waals surface area contributed by atoms with E-state index in [1.165, 1.54) is 30.5 Å². The number of nitrogens with zero attached hydrogens (tertiary/aromatic N) is 2. The van der Waals surface area contributed by atoms with Gasteiger partial charge in [0.05, 0.1) is 22.1 Å². The number of rotatable bonds is 6. The predicted molar refractivity (Wildman–Crippen MR) is 102 cm³/mol. The molecule has 0 radical (unpaired) electrons. The average Bonchev–Trinajstić information content (AvgIpc) is 2.68. The molecule has 0 saturated heterocycles. The van der Waals surface area contributed by atoms with Crippen molar-refractivity contribution in [1.82, 2.24) is 5.43 Å². The number of halogens is 1. The van der Waals surface area contributed by atoms with Gasteiger partial charge in [-0.05, 0) is 24.3 Å². The average molecular weight is 402 g/mol. The molecular weight excluding hydrogens is 390 g/mol. The molecule has 142 valence electrons. The molecule has 0 aliphatic heterocycles. The molecule has 0 unspecified atom stereocenters. The van der Waals surface area contributed by atoms with Gasteiger partial charge in [-0.2, -0.15) is 5.10 Å². The lowest BCUT2D eigenvalue weighted by Gasteiger charge is -2.05. The van der Waals surface area contributed by atoms with Gasteiger partial charge in [0.1, 0.15) is 11.8 Å². The van der Waals surface area contributed by atoms with Gasteiger partial charge in [-0.15, -0.1) is 0 Å². The summed E-state index contributed by atoms with van der Waals surface area (Å²) in [6, 6.07) is 10.3. The number of nitro groups is 1. The highest BCUT2D eigenvalue weighted by Crippen LogP contribution is 2.25. The minimum atomic E-state index is -0.664. The van der Waals surface area contributed by atoms with E-state index in [9.17, 15) is 19.7 Å². The Morgan fingerprint density at radius 3 is 2.89 bits per heavy atom. The predicted octanol–water partition coefficient (Wildman–Crippen LogP) is 2.88.